The molecule has 0 heterocycles. The number of halogens is 1. The molecule has 0 aromatic rings. The van der Waals surface area contributed by atoms with E-state index in [0.717, 1.165) is 12.8 Å². The van der Waals surface area contributed by atoms with Crippen LogP contribution in [0.15, 0.2) is 0 Å². The lowest BCUT2D eigenvalue weighted by molar-refractivity contribution is -0.0544. The van der Waals surface area contributed by atoms with Crippen molar-refractivity contribution in [2.24, 2.45) is 5.92 Å². The Morgan fingerprint density at radius 3 is 2.36 bits per heavy atom. The highest BCUT2D eigenvalue weighted by Gasteiger charge is 2.37. The molecule has 1 radical (unpaired) electrons. The fraction of sp³-hybridized carbons (Fsp3) is 0.889. The average Bonchev–Trinajstić information content (AvgIpc) is 1.95. The van der Waals surface area contributed by atoms with Crippen molar-refractivity contribution in [1.29, 1.82) is 0 Å². The van der Waals surface area contributed by atoms with Crippen LogP contribution in [0, 0.1) is 12.8 Å². The summed E-state index contributed by atoms with van der Waals surface area (Å²) >= 11 is 0. The second kappa shape index (κ2) is 3.10. The Kier molecular flexibility index (Phi) is 2.53. The molecule has 11 heavy (non-hydrogen) atoms. The molecule has 0 aliphatic heterocycles. The summed E-state index contributed by atoms with van der Waals surface area (Å²) in [5.41, 5.74) is -1.12. The maximum atomic E-state index is 12.7. The Morgan fingerprint density at radius 2 is 2.00 bits per heavy atom. The second-order valence-electron chi connectivity index (χ2n) is 3.75. The Labute approximate surface area is 67.6 Å². The molecule has 0 aromatic carbocycles. The first kappa shape index (κ1) is 8.98. The SMILES string of the molecule is [CH2]C(F)C1(O)CCC(C)CC1. The van der Waals surface area contributed by atoms with E-state index < -0.39 is 11.8 Å². The van der Waals surface area contributed by atoms with E-state index in [9.17, 15) is 9.50 Å². The molecule has 65 valence electrons. The predicted molar refractivity (Wildman–Crippen MR) is 42.8 cm³/mol. The van der Waals surface area contributed by atoms with Crippen molar-refractivity contribution in [3.05, 3.63) is 6.92 Å². The van der Waals surface area contributed by atoms with E-state index in [1.165, 1.54) is 0 Å². The Hall–Kier alpha value is -0.110. The van der Waals surface area contributed by atoms with E-state index in [-0.39, 0.29) is 0 Å². The van der Waals surface area contributed by atoms with Gasteiger partial charge in [-0.05, 0) is 38.5 Å². The summed E-state index contributed by atoms with van der Waals surface area (Å²) in [6.07, 6.45) is 1.66. The molecule has 1 N–H and O–H groups in total. The fourth-order valence-corrected chi connectivity index (χ4v) is 1.58. The molecule has 0 amide bonds. The molecular weight excluding hydrogens is 143 g/mol. The molecule has 1 aliphatic carbocycles. The molecule has 1 unspecified atom stereocenters. The van der Waals surface area contributed by atoms with Gasteiger partial charge in [-0.25, -0.2) is 4.39 Å². The van der Waals surface area contributed by atoms with Gasteiger partial charge < -0.3 is 5.11 Å². The minimum absolute atomic E-state index is 0.568. The second-order valence-corrected chi connectivity index (χ2v) is 3.75. The molecule has 1 atom stereocenters. The van der Waals surface area contributed by atoms with Crippen LogP contribution in [0.1, 0.15) is 32.6 Å². The fourth-order valence-electron chi connectivity index (χ4n) is 1.58. The number of hydrogen-bond donors (Lipinski definition) is 1. The van der Waals surface area contributed by atoms with Crippen molar-refractivity contribution in [2.75, 3.05) is 0 Å². The van der Waals surface area contributed by atoms with Crippen LogP contribution in [0.4, 0.5) is 4.39 Å². The van der Waals surface area contributed by atoms with Crippen LogP contribution in [-0.4, -0.2) is 16.9 Å². The lowest BCUT2D eigenvalue weighted by atomic mass is 9.77. The highest BCUT2D eigenvalue weighted by atomic mass is 19.1. The first-order valence-electron chi connectivity index (χ1n) is 4.24. The van der Waals surface area contributed by atoms with Crippen LogP contribution in [0.25, 0.3) is 0 Å². The van der Waals surface area contributed by atoms with Gasteiger partial charge in [0, 0.05) is 0 Å². The first-order valence-corrected chi connectivity index (χ1v) is 4.24. The topological polar surface area (TPSA) is 20.2 Å². The number of rotatable bonds is 1. The van der Waals surface area contributed by atoms with Gasteiger partial charge in [0.1, 0.15) is 6.17 Å². The molecule has 2 heteroatoms. The van der Waals surface area contributed by atoms with E-state index in [0.29, 0.717) is 18.8 Å². The minimum atomic E-state index is -1.32. The van der Waals surface area contributed by atoms with Crippen molar-refractivity contribution in [3.8, 4) is 0 Å². The third-order valence-corrected chi connectivity index (χ3v) is 2.72. The molecular formula is C9H16FO. The maximum Gasteiger partial charge on any atom is 0.129 e. The van der Waals surface area contributed by atoms with Crippen LogP contribution in [0.5, 0.6) is 0 Å². The van der Waals surface area contributed by atoms with Crippen molar-refractivity contribution in [1.82, 2.24) is 0 Å². The Balaban J connectivity index is 2.48. The molecule has 1 aliphatic rings. The standard InChI is InChI=1S/C9H16FO/c1-7-3-5-9(11,6-4-7)8(2)10/h7-8,11H,2-6H2,1H3. The van der Waals surface area contributed by atoms with Crippen molar-refractivity contribution < 1.29 is 9.50 Å². The highest BCUT2D eigenvalue weighted by molar-refractivity contribution is 4.91. The molecule has 1 rings (SSSR count). The molecule has 0 saturated heterocycles. The summed E-state index contributed by atoms with van der Waals surface area (Å²) in [7, 11) is 0. The Bertz CT molecular complexity index is 126. The zero-order valence-corrected chi connectivity index (χ0v) is 7.02. The largest absolute Gasteiger partial charge is 0.387 e. The van der Waals surface area contributed by atoms with Gasteiger partial charge in [0.05, 0.1) is 5.60 Å². The maximum absolute atomic E-state index is 12.7. The normalized spacial score (nSPS) is 42.0. The van der Waals surface area contributed by atoms with Gasteiger partial charge in [-0.1, -0.05) is 6.92 Å². The van der Waals surface area contributed by atoms with E-state index >= 15 is 0 Å². The summed E-state index contributed by atoms with van der Waals surface area (Å²) in [6.45, 7) is 5.38. The predicted octanol–water partition coefficient (Wildman–Crippen LogP) is 2.10. The summed E-state index contributed by atoms with van der Waals surface area (Å²) in [6, 6.07) is 0. The van der Waals surface area contributed by atoms with E-state index in [2.05, 4.69) is 13.8 Å². The van der Waals surface area contributed by atoms with Gasteiger partial charge in [-0.2, -0.15) is 0 Å². The van der Waals surface area contributed by atoms with Crippen molar-refractivity contribution in [2.45, 2.75) is 44.4 Å². The van der Waals surface area contributed by atoms with Crippen LogP contribution in [-0.2, 0) is 0 Å². The molecule has 0 bridgehead atoms. The molecule has 1 nitrogen and oxygen atoms in total. The van der Waals surface area contributed by atoms with Gasteiger partial charge in [-0.3, -0.25) is 0 Å². The van der Waals surface area contributed by atoms with E-state index in [1.54, 1.807) is 0 Å². The zero-order chi connectivity index (χ0) is 8.48. The quantitative estimate of drug-likeness (QED) is 0.621. The van der Waals surface area contributed by atoms with Crippen LogP contribution >= 0.6 is 0 Å². The van der Waals surface area contributed by atoms with Gasteiger partial charge >= 0.3 is 0 Å². The van der Waals surface area contributed by atoms with E-state index in [1.807, 2.05) is 0 Å². The first-order chi connectivity index (χ1) is 5.04. The van der Waals surface area contributed by atoms with E-state index in [4.69, 9.17) is 0 Å². The number of hydrogen-bond acceptors (Lipinski definition) is 1. The lowest BCUT2D eigenvalue weighted by Crippen LogP contribution is -2.41. The lowest BCUT2D eigenvalue weighted by Gasteiger charge is -2.35. The van der Waals surface area contributed by atoms with Gasteiger partial charge in [0.2, 0.25) is 0 Å². The van der Waals surface area contributed by atoms with Crippen LogP contribution in [0.3, 0.4) is 0 Å². The summed E-state index contributed by atoms with van der Waals surface area (Å²) in [5, 5.41) is 9.63. The van der Waals surface area contributed by atoms with Crippen LogP contribution in [0.2, 0.25) is 0 Å². The van der Waals surface area contributed by atoms with Gasteiger partial charge in [-0.15, -0.1) is 0 Å². The van der Waals surface area contributed by atoms with Crippen LogP contribution < -0.4 is 0 Å². The van der Waals surface area contributed by atoms with Crippen molar-refractivity contribution >= 4 is 0 Å². The van der Waals surface area contributed by atoms with Gasteiger partial charge in [0.15, 0.2) is 0 Å². The molecule has 1 saturated carbocycles. The third-order valence-electron chi connectivity index (χ3n) is 2.72. The zero-order valence-electron chi connectivity index (χ0n) is 7.02. The molecule has 1 fully saturated rings. The monoisotopic (exact) mass is 159 g/mol. The molecule has 0 spiro atoms. The number of alkyl halides is 1. The minimum Gasteiger partial charge on any atom is -0.387 e. The van der Waals surface area contributed by atoms with Gasteiger partial charge in [0.25, 0.3) is 0 Å². The third kappa shape index (κ3) is 1.92. The summed E-state index contributed by atoms with van der Waals surface area (Å²) < 4.78 is 12.7. The smallest absolute Gasteiger partial charge is 0.129 e. The molecule has 0 aromatic heterocycles. The summed E-state index contributed by atoms with van der Waals surface area (Å²) in [5.74, 6) is 0.633. The highest BCUT2D eigenvalue weighted by Crippen LogP contribution is 2.34. The Morgan fingerprint density at radius 1 is 1.55 bits per heavy atom. The summed E-state index contributed by atoms with van der Waals surface area (Å²) in [4.78, 5) is 0. The average molecular weight is 159 g/mol. The number of aliphatic hydroxyl groups is 1. The van der Waals surface area contributed by atoms with Crippen molar-refractivity contribution in [3.63, 3.8) is 0 Å².